The van der Waals surface area contributed by atoms with Crippen LogP contribution in [0.5, 0.6) is 0 Å². The Hall–Kier alpha value is -2.25. The van der Waals surface area contributed by atoms with Crippen LogP contribution in [0.2, 0.25) is 0 Å². The van der Waals surface area contributed by atoms with Gasteiger partial charge in [0.25, 0.3) is 0 Å². The highest BCUT2D eigenvalue weighted by molar-refractivity contribution is 5.85. The lowest BCUT2D eigenvalue weighted by molar-refractivity contribution is -0.170. The zero-order valence-electron chi connectivity index (χ0n) is 21.9. The van der Waals surface area contributed by atoms with Crippen LogP contribution in [0.3, 0.4) is 0 Å². The summed E-state index contributed by atoms with van der Waals surface area (Å²) in [5.41, 5.74) is 4.68. The number of aromatic amines is 1. The second-order valence-electron chi connectivity index (χ2n) is 12.9. The molecule has 2 spiro atoms. The van der Waals surface area contributed by atoms with Crippen molar-refractivity contribution in [2.45, 2.75) is 75.9 Å². The normalized spacial score (nSPS) is 42.5. The van der Waals surface area contributed by atoms with Crippen molar-refractivity contribution in [3.63, 3.8) is 0 Å². The Kier molecular flexibility index (Phi) is 4.45. The second-order valence-corrected chi connectivity index (χ2v) is 12.9. The molecule has 2 aromatic rings. The summed E-state index contributed by atoms with van der Waals surface area (Å²) in [5.74, 6) is 0.300. The van der Waals surface area contributed by atoms with Crippen LogP contribution in [0.15, 0.2) is 53.8 Å². The van der Waals surface area contributed by atoms with Crippen molar-refractivity contribution < 1.29 is 14.9 Å². The maximum atomic E-state index is 11.3. The summed E-state index contributed by atoms with van der Waals surface area (Å²) in [6.07, 6.45) is 10.8. The van der Waals surface area contributed by atoms with Gasteiger partial charge in [-0.25, -0.2) is 0 Å². The molecule has 0 radical (unpaired) electrons. The van der Waals surface area contributed by atoms with Gasteiger partial charge in [-0.2, -0.15) is 5.10 Å². The van der Waals surface area contributed by atoms with E-state index in [9.17, 15) is 10.2 Å². The van der Waals surface area contributed by atoms with E-state index in [1.165, 1.54) is 16.7 Å². The fourth-order valence-corrected chi connectivity index (χ4v) is 8.62. The zero-order chi connectivity index (χ0) is 25.3. The Bertz CT molecular complexity index is 1370. The van der Waals surface area contributed by atoms with Crippen LogP contribution in [-0.4, -0.2) is 68.9 Å². The van der Waals surface area contributed by atoms with Crippen molar-refractivity contribution in [2.24, 2.45) is 16.7 Å². The third-order valence-corrected chi connectivity index (χ3v) is 10.8. The molecule has 1 saturated carbocycles. The fourth-order valence-electron chi connectivity index (χ4n) is 8.62. The van der Waals surface area contributed by atoms with Crippen LogP contribution >= 0.6 is 0 Å². The molecule has 6 nitrogen and oxygen atoms in total. The van der Waals surface area contributed by atoms with Crippen molar-refractivity contribution in [3.05, 3.63) is 59.3 Å². The predicted molar refractivity (Wildman–Crippen MR) is 140 cm³/mol. The Morgan fingerprint density at radius 3 is 2.72 bits per heavy atom. The fraction of sp³-hybridized carbons (Fsp3) is 0.567. The van der Waals surface area contributed by atoms with Crippen LogP contribution in [0.25, 0.3) is 16.5 Å². The number of benzene rings is 1. The Morgan fingerprint density at radius 2 is 1.94 bits per heavy atom. The van der Waals surface area contributed by atoms with Crippen LogP contribution in [0.4, 0.5) is 0 Å². The van der Waals surface area contributed by atoms with Gasteiger partial charge in [-0.3, -0.25) is 5.10 Å². The number of H-pyrrole nitrogens is 1. The molecule has 7 rings (SSSR count). The van der Waals surface area contributed by atoms with E-state index < -0.39 is 17.8 Å². The van der Waals surface area contributed by atoms with Gasteiger partial charge < -0.3 is 19.8 Å². The van der Waals surface area contributed by atoms with Gasteiger partial charge in [-0.05, 0) is 79.6 Å². The predicted octanol–water partition coefficient (Wildman–Crippen LogP) is 4.22. The van der Waals surface area contributed by atoms with Crippen LogP contribution in [0.1, 0.15) is 52.0 Å². The van der Waals surface area contributed by atoms with Crippen molar-refractivity contribution in [2.75, 3.05) is 14.1 Å². The number of hydrogen-bond acceptors (Lipinski definition) is 5. The standard InChI is InChI=1S/C30H37N3O3/c1-27(2)14-19-13-21-25(34)26(35)23(33(4)5)15-29(21)10-11-30(19,36-29)24-9-7-20(28(24,27)3)17-6-8-22-18(12-17)16-31-32-22/h6-8,12-14,16,23-26,34-35H,9-11,15H2,1-5H3,(H,31,32)/t23-,24?,25+,26+,28+,29+,30+/m0/s1. The first-order valence-corrected chi connectivity index (χ1v) is 13.3. The minimum absolute atomic E-state index is 0.113. The van der Waals surface area contributed by atoms with E-state index in [4.69, 9.17) is 4.74 Å². The zero-order valence-corrected chi connectivity index (χ0v) is 21.9. The number of nitrogens with one attached hydrogen (secondary N) is 1. The number of rotatable bonds is 2. The SMILES string of the molecule is CN(C)[C@H]1C[C@@]23CC[C@@]4(O2)C(=CC(C)(C)[C@]2(C)C(c5ccc6[nH]ncc6c5)=CCC42)C=C3[C@@H](O)[C@@H]1O. The lowest BCUT2D eigenvalue weighted by atomic mass is 9.49. The maximum absolute atomic E-state index is 11.3. The van der Waals surface area contributed by atoms with Crippen molar-refractivity contribution in [3.8, 4) is 0 Å². The van der Waals surface area contributed by atoms with E-state index >= 15 is 0 Å². The molecule has 2 fully saturated rings. The molecular weight excluding hydrogens is 450 g/mol. The summed E-state index contributed by atoms with van der Waals surface area (Å²) in [6, 6.07) is 6.49. The monoisotopic (exact) mass is 487 g/mol. The van der Waals surface area contributed by atoms with E-state index in [-0.39, 0.29) is 22.5 Å². The molecule has 190 valence electrons. The molecule has 1 unspecified atom stereocenters. The summed E-state index contributed by atoms with van der Waals surface area (Å²) in [7, 11) is 3.96. The smallest absolute Gasteiger partial charge is 0.105 e. The lowest BCUT2D eigenvalue weighted by Crippen LogP contribution is -2.63. The van der Waals surface area contributed by atoms with E-state index in [1.54, 1.807) is 0 Å². The first-order chi connectivity index (χ1) is 17.0. The van der Waals surface area contributed by atoms with Crippen LogP contribution < -0.4 is 0 Å². The minimum atomic E-state index is -0.904. The van der Waals surface area contributed by atoms with Gasteiger partial charge in [0.2, 0.25) is 0 Å². The Morgan fingerprint density at radius 1 is 1.14 bits per heavy atom. The summed E-state index contributed by atoms with van der Waals surface area (Å²) in [6.45, 7) is 7.13. The molecule has 3 aliphatic carbocycles. The number of hydrogen-bond donors (Lipinski definition) is 3. The molecule has 2 aliphatic heterocycles. The number of ether oxygens (including phenoxy) is 1. The van der Waals surface area contributed by atoms with E-state index in [1.807, 2.05) is 25.2 Å². The number of aliphatic hydroxyl groups is 2. The highest BCUT2D eigenvalue weighted by Crippen LogP contribution is 2.71. The number of nitrogens with zero attached hydrogens (tertiary/aromatic N) is 2. The van der Waals surface area contributed by atoms with E-state index in [0.29, 0.717) is 12.3 Å². The average molecular weight is 488 g/mol. The van der Waals surface area contributed by atoms with E-state index in [0.717, 1.165) is 35.7 Å². The second kappa shape index (κ2) is 6.98. The molecule has 3 N–H and O–H groups in total. The van der Waals surface area contributed by atoms with Crippen molar-refractivity contribution >= 4 is 16.5 Å². The Labute approximate surface area is 212 Å². The highest BCUT2D eigenvalue weighted by Gasteiger charge is 2.70. The number of aromatic nitrogens is 2. The summed E-state index contributed by atoms with van der Waals surface area (Å²) < 4.78 is 7.31. The van der Waals surface area contributed by atoms with Crippen LogP contribution in [-0.2, 0) is 4.74 Å². The van der Waals surface area contributed by atoms with E-state index in [2.05, 4.69) is 67.4 Å². The first kappa shape index (κ1) is 22.9. The molecule has 6 heteroatoms. The molecule has 3 heterocycles. The summed E-state index contributed by atoms with van der Waals surface area (Å²) >= 11 is 0. The number of likely N-dealkylation sites (N-methyl/N-ethyl adjacent to an activating group) is 1. The molecule has 5 aliphatic rings. The Balaban J connectivity index is 1.37. The molecule has 7 atom stereocenters. The van der Waals surface area contributed by atoms with Gasteiger partial charge >= 0.3 is 0 Å². The van der Waals surface area contributed by atoms with Gasteiger partial charge in [-0.1, -0.05) is 45.1 Å². The topological polar surface area (TPSA) is 81.6 Å². The quantitative estimate of drug-likeness (QED) is 0.591. The van der Waals surface area contributed by atoms with Gasteiger partial charge in [0.1, 0.15) is 6.10 Å². The molecule has 1 aromatic heterocycles. The van der Waals surface area contributed by atoms with Gasteiger partial charge in [0.05, 0.1) is 29.0 Å². The number of fused-ring (bicyclic) bond motifs is 2. The van der Waals surface area contributed by atoms with Gasteiger partial charge in [0, 0.05) is 22.8 Å². The minimum Gasteiger partial charge on any atom is -0.388 e. The largest absolute Gasteiger partial charge is 0.388 e. The molecule has 1 aromatic carbocycles. The third-order valence-electron chi connectivity index (χ3n) is 10.8. The highest BCUT2D eigenvalue weighted by atomic mass is 16.5. The van der Waals surface area contributed by atoms with Crippen molar-refractivity contribution in [1.29, 1.82) is 0 Å². The molecule has 36 heavy (non-hydrogen) atoms. The average Bonchev–Trinajstić information content (AvgIpc) is 3.52. The van der Waals surface area contributed by atoms with Gasteiger partial charge in [0.15, 0.2) is 0 Å². The molecular formula is C30H37N3O3. The lowest BCUT2D eigenvalue weighted by Gasteiger charge is -2.60. The molecule has 0 amide bonds. The number of aliphatic hydroxyl groups excluding tert-OH is 2. The maximum Gasteiger partial charge on any atom is 0.105 e. The van der Waals surface area contributed by atoms with Crippen molar-refractivity contribution in [1.82, 2.24) is 15.1 Å². The van der Waals surface area contributed by atoms with Gasteiger partial charge in [-0.15, -0.1) is 0 Å². The summed E-state index contributed by atoms with van der Waals surface area (Å²) in [4.78, 5) is 2.04. The molecule has 1 saturated heterocycles. The number of allylic oxidation sites excluding steroid dienone is 3. The third kappa shape index (κ3) is 2.59. The van der Waals surface area contributed by atoms with Crippen LogP contribution in [0, 0.1) is 16.7 Å². The molecule has 2 bridgehead atoms. The summed E-state index contributed by atoms with van der Waals surface area (Å²) in [5, 5.41) is 30.6. The first-order valence-electron chi connectivity index (χ1n) is 13.3.